The van der Waals surface area contributed by atoms with Crippen LogP contribution < -0.4 is 14.4 Å². The molecule has 2 heterocycles. The highest BCUT2D eigenvalue weighted by Gasteiger charge is 2.33. The van der Waals surface area contributed by atoms with E-state index in [1.54, 1.807) is 24.3 Å². The van der Waals surface area contributed by atoms with Crippen LogP contribution in [-0.4, -0.2) is 63.7 Å². The number of benzene rings is 2. The number of nitrogens with one attached hydrogen (secondary N) is 1. The quantitative estimate of drug-likeness (QED) is 0.535. The minimum atomic E-state index is -3.15. The lowest BCUT2D eigenvalue weighted by atomic mass is 9.95. The maximum Gasteiger partial charge on any atom is 0.253 e. The molecule has 35 heavy (non-hydrogen) atoms. The van der Waals surface area contributed by atoms with Gasteiger partial charge in [-0.1, -0.05) is 18.2 Å². The Morgan fingerprint density at radius 3 is 2.46 bits per heavy atom. The molecule has 0 bridgehead atoms. The fourth-order valence-electron chi connectivity index (χ4n) is 4.73. The van der Waals surface area contributed by atoms with Crippen molar-refractivity contribution in [3.8, 4) is 5.75 Å². The topological polar surface area (TPSA) is 96.0 Å². The number of carbonyl (C=O) groups excluding carboxylic acids is 2. The number of amides is 2. The van der Waals surface area contributed by atoms with Crippen LogP contribution in [0.3, 0.4) is 0 Å². The molecule has 0 radical (unpaired) electrons. The number of likely N-dealkylation sites (tertiary alicyclic amines) is 1. The zero-order valence-electron chi connectivity index (χ0n) is 20.1. The summed E-state index contributed by atoms with van der Waals surface area (Å²) in [5.74, 6) is 0.849. The van der Waals surface area contributed by atoms with E-state index >= 15 is 0 Å². The van der Waals surface area contributed by atoms with Crippen LogP contribution in [0, 0.1) is 0 Å². The summed E-state index contributed by atoms with van der Waals surface area (Å²) in [6.07, 6.45) is 5.42. The largest absolute Gasteiger partial charge is 0.494 e. The lowest BCUT2D eigenvalue weighted by molar-refractivity contribution is -0.119. The van der Waals surface area contributed by atoms with Crippen LogP contribution in [0.25, 0.3) is 0 Å². The molecule has 1 fully saturated rings. The van der Waals surface area contributed by atoms with E-state index in [1.165, 1.54) is 5.56 Å². The first-order valence-electron chi connectivity index (χ1n) is 12.2. The number of piperidine rings is 1. The van der Waals surface area contributed by atoms with Gasteiger partial charge in [0, 0.05) is 43.3 Å². The Hall–Kier alpha value is -2.91. The monoisotopic (exact) mass is 499 g/mol. The van der Waals surface area contributed by atoms with Gasteiger partial charge < -0.3 is 14.5 Å². The second kappa shape index (κ2) is 11.2. The van der Waals surface area contributed by atoms with E-state index in [9.17, 15) is 18.0 Å². The van der Waals surface area contributed by atoms with Gasteiger partial charge in [0.25, 0.3) is 5.91 Å². The van der Waals surface area contributed by atoms with Gasteiger partial charge >= 0.3 is 0 Å². The van der Waals surface area contributed by atoms with Crippen LogP contribution in [0.15, 0.2) is 48.5 Å². The number of hydrogen-bond acceptors (Lipinski definition) is 5. The van der Waals surface area contributed by atoms with Crippen molar-refractivity contribution in [1.29, 1.82) is 0 Å². The Bertz CT molecular complexity index is 1140. The van der Waals surface area contributed by atoms with E-state index in [2.05, 4.69) is 10.8 Å². The second-order valence-corrected chi connectivity index (χ2v) is 11.0. The summed E-state index contributed by atoms with van der Waals surface area (Å²) in [7, 11) is -3.15. The summed E-state index contributed by atoms with van der Waals surface area (Å²) >= 11 is 0. The molecule has 4 rings (SSSR count). The molecule has 0 unspecified atom stereocenters. The van der Waals surface area contributed by atoms with E-state index in [0.717, 1.165) is 37.6 Å². The van der Waals surface area contributed by atoms with Crippen molar-refractivity contribution in [2.45, 2.75) is 44.6 Å². The van der Waals surface area contributed by atoms with E-state index in [-0.39, 0.29) is 17.9 Å². The number of fused-ring (bicyclic) bond motifs is 1. The van der Waals surface area contributed by atoms with Crippen LogP contribution in [0.2, 0.25) is 0 Å². The number of carbonyl (C=O) groups is 2. The smallest absolute Gasteiger partial charge is 0.253 e. The Kier molecular flexibility index (Phi) is 8.07. The Labute approximate surface area is 207 Å². The SMILES string of the molecule is CS(=O)(=O)NCCCCOc1ccc(C(=O)N2CCC(N3C(=O)CCc4ccccc43)CC2)cc1. The molecule has 2 aromatic rings. The lowest BCUT2D eigenvalue weighted by Gasteiger charge is -2.41. The molecule has 1 N–H and O–H groups in total. The fourth-order valence-corrected chi connectivity index (χ4v) is 5.25. The van der Waals surface area contributed by atoms with Gasteiger partial charge in [0.15, 0.2) is 0 Å². The van der Waals surface area contributed by atoms with Crippen molar-refractivity contribution >= 4 is 27.5 Å². The highest BCUT2D eigenvalue weighted by molar-refractivity contribution is 7.88. The molecular weight excluding hydrogens is 466 g/mol. The summed E-state index contributed by atoms with van der Waals surface area (Å²) in [5, 5.41) is 0. The molecule has 2 aliphatic rings. The normalized spacial score (nSPS) is 16.8. The molecule has 2 aromatic carbocycles. The van der Waals surface area contributed by atoms with Crippen LogP contribution in [-0.2, 0) is 21.2 Å². The molecule has 0 saturated carbocycles. The van der Waals surface area contributed by atoms with Crippen molar-refractivity contribution < 1.29 is 22.7 Å². The Morgan fingerprint density at radius 2 is 1.74 bits per heavy atom. The highest BCUT2D eigenvalue weighted by Crippen LogP contribution is 2.32. The number of nitrogens with zero attached hydrogens (tertiary/aromatic N) is 2. The Morgan fingerprint density at radius 1 is 1.03 bits per heavy atom. The third-order valence-corrected chi connectivity index (χ3v) is 7.28. The van der Waals surface area contributed by atoms with Gasteiger partial charge in [-0.15, -0.1) is 0 Å². The summed E-state index contributed by atoms with van der Waals surface area (Å²) in [5.41, 5.74) is 2.86. The number of rotatable bonds is 9. The number of aryl methyl sites for hydroxylation is 1. The minimum Gasteiger partial charge on any atom is -0.494 e. The average molecular weight is 500 g/mol. The third kappa shape index (κ3) is 6.61. The number of anilines is 1. The minimum absolute atomic E-state index is 0.00720. The van der Waals surface area contributed by atoms with Crippen LogP contribution >= 0.6 is 0 Å². The number of hydrogen-bond donors (Lipinski definition) is 1. The first-order valence-corrected chi connectivity index (χ1v) is 14.1. The number of sulfonamides is 1. The molecule has 9 heteroatoms. The molecule has 0 spiro atoms. The predicted octanol–water partition coefficient (Wildman–Crippen LogP) is 2.98. The zero-order valence-corrected chi connectivity index (χ0v) is 20.9. The first-order chi connectivity index (χ1) is 16.8. The van der Waals surface area contributed by atoms with E-state index < -0.39 is 10.0 Å². The van der Waals surface area contributed by atoms with Crippen LogP contribution in [0.4, 0.5) is 5.69 Å². The van der Waals surface area contributed by atoms with Crippen molar-refractivity contribution in [1.82, 2.24) is 9.62 Å². The van der Waals surface area contributed by atoms with Crippen molar-refractivity contribution in [2.24, 2.45) is 0 Å². The van der Waals surface area contributed by atoms with Gasteiger partial charge in [0.2, 0.25) is 15.9 Å². The third-order valence-electron chi connectivity index (χ3n) is 6.55. The van der Waals surface area contributed by atoms with Gasteiger partial charge in [0.1, 0.15) is 5.75 Å². The predicted molar refractivity (Wildman–Crippen MR) is 135 cm³/mol. The molecule has 0 aliphatic carbocycles. The number of para-hydroxylation sites is 1. The van der Waals surface area contributed by atoms with Crippen LogP contribution in [0.1, 0.15) is 48.0 Å². The zero-order chi connectivity index (χ0) is 24.8. The van der Waals surface area contributed by atoms with Crippen molar-refractivity contribution in [3.05, 3.63) is 59.7 Å². The van der Waals surface area contributed by atoms with E-state index in [4.69, 9.17) is 4.74 Å². The average Bonchev–Trinajstić information content (AvgIpc) is 2.85. The lowest BCUT2D eigenvalue weighted by Crippen LogP contribution is -2.50. The van der Waals surface area contributed by atoms with Gasteiger partial charge in [-0.2, -0.15) is 0 Å². The van der Waals surface area contributed by atoms with Gasteiger partial charge in [-0.25, -0.2) is 13.1 Å². The van der Waals surface area contributed by atoms with Crippen LogP contribution in [0.5, 0.6) is 5.75 Å². The molecule has 2 amide bonds. The first kappa shape index (κ1) is 25.2. The molecule has 188 valence electrons. The van der Waals surface area contributed by atoms with Crippen molar-refractivity contribution in [2.75, 3.05) is 37.4 Å². The molecular formula is C26H33N3O5S. The summed E-state index contributed by atoms with van der Waals surface area (Å²) in [6, 6.07) is 15.4. The molecule has 8 nitrogen and oxygen atoms in total. The van der Waals surface area contributed by atoms with Gasteiger partial charge in [-0.05, 0) is 68.0 Å². The highest BCUT2D eigenvalue weighted by atomic mass is 32.2. The van der Waals surface area contributed by atoms with Gasteiger partial charge in [0.05, 0.1) is 12.9 Å². The molecule has 2 aliphatic heterocycles. The van der Waals surface area contributed by atoms with E-state index in [0.29, 0.717) is 50.4 Å². The molecule has 0 atom stereocenters. The van der Waals surface area contributed by atoms with Gasteiger partial charge in [-0.3, -0.25) is 9.59 Å². The summed E-state index contributed by atoms with van der Waals surface area (Å²) in [6.45, 7) is 2.11. The second-order valence-electron chi connectivity index (χ2n) is 9.16. The summed E-state index contributed by atoms with van der Waals surface area (Å²) < 4.78 is 30.2. The van der Waals surface area contributed by atoms with E-state index in [1.807, 2.05) is 28.0 Å². The maximum atomic E-state index is 13.0. The fraction of sp³-hybridized carbons (Fsp3) is 0.462. The maximum absolute atomic E-state index is 13.0. The summed E-state index contributed by atoms with van der Waals surface area (Å²) in [4.78, 5) is 29.5. The molecule has 1 saturated heterocycles. The number of unbranched alkanes of at least 4 members (excludes halogenated alkanes) is 1. The standard InChI is InChI=1S/C26H33N3O5S/c1-35(32,33)27-16-4-5-19-34-23-11-8-21(9-12-23)26(31)28-17-14-22(15-18-28)29-24-7-3-2-6-20(24)10-13-25(29)30/h2-3,6-9,11-12,22,27H,4-5,10,13-19H2,1H3. The Balaban J connectivity index is 1.25. The number of ether oxygens (including phenoxy) is 1. The van der Waals surface area contributed by atoms with Crippen molar-refractivity contribution in [3.63, 3.8) is 0 Å². The molecule has 0 aromatic heterocycles.